The molecular formula is C15H19N3. The summed E-state index contributed by atoms with van der Waals surface area (Å²) in [5.74, 6) is 6.71. The number of nitrogens with zero attached hydrogens (tertiary/aromatic N) is 2. The van der Waals surface area contributed by atoms with Gasteiger partial charge in [0.2, 0.25) is 0 Å². The second-order valence-corrected chi connectivity index (χ2v) is 5.30. The van der Waals surface area contributed by atoms with Crippen molar-refractivity contribution in [2.75, 3.05) is 5.84 Å². The summed E-state index contributed by atoms with van der Waals surface area (Å²) < 4.78 is 4.01. The molecule has 0 bridgehead atoms. The molecule has 3 heteroatoms. The summed E-state index contributed by atoms with van der Waals surface area (Å²) in [5, 5.41) is 2.61. The number of nitrogen functional groups attached to an aromatic ring is 1. The maximum Gasteiger partial charge on any atom is 0.140 e. The van der Waals surface area contributed by atoms with Crippen LogP contribution in [0.4, 0.5) is 0 Å². The van der Waals surface area contributed by atoms with Gasteiger partial charge in [0, 0.05) is 23.5 Å². The highest BCUT2D eigenvalue weighted by molar-refractivity contribution is 6.09. The minimum Gasteiger partial charge on any atom is -0.338 e. The lowest BCUT2D eigenvalue weighted by molar-refractivity contribution is 0.837. The van der Waals surface area contributed by atoms with Crippen molar-refractivity contribution in [3.8, 4) is 0 Å². The lowest BCUT2D eigenvalue weighted by atomic mass is 9.99. The Balaban J connectivity index is 2.64. The molecule has 1 aromatic carbocycles. The molecular weight excluding hydrogens is 222 g/mol. The van der Waals surface area contributed by atoms with Gasteiger partial charge in [-0.3, -0.25) is 4.68 Å². The van der Waals surface area contributed by atoms with Crippen LogP contribution in [0.3, 0.4) is 0 Å². The van der Waals surface area contributed by atoms with Gasteiger partial charge >= 0.3 is 0 Å². The van der Waals surface area contributed by atoms with Crippen molar-refractivity contribution in [3.63, 3.8) is 0 Å². The van der Waals surface area contributed by atoms with Crippen molar-refractivity contribution >= 4 is 21.9 Å². The first-order chi connectivity index (χ1) is 8.54. The standard InChI is InChI=1S/C15H19N3/c1-9(2)13-10(3)18(16)15-14(13)11-7-5-6-8-12(11)17(15)4/h5-9H,16H2,1-4H3. The average molecular weight is 241 g/mol. The number of benzene rings is 1. The van der Waals surface area contributed by atoms with Crippen LogP contribution in [0.1, 0.15) is 31.0 Å². The van der Waals surface area contributed by atoms with E-state index in [2.05, 4.69) is 56.7 Å². The first-order valence-corrected chi connectivity index (χ1v) is 6.37. The lowest BCUT2D eigenvalue weighted by Gasteiger charge is -2.07. The van der Waals surface area contributed by atoms with Gasteiger partial charge < -0.3 is 10.4 Å². The highest BCUT2D eigenvalue weighted by atomic mass is 15.3. The Morgan fingerprint density at radius 3 is 2.50 bits per heavy atom. The van der Waals surface area contributed by atoms with Crippen LogP contribution in [-0.4, -0.2) is 9.24 Å². The number of aryl methyl sites for hydroxylation is 1. The van der Waals surface area contributed by atoms with Crippen LogP contribution in [0.25, 0.3) is 21.9 Å². The fourth-order valence-corrected chi connectivity index (χ4v) is 3.10. The third kappa shape index (κ3) is 1.19. The van der Waals surface area contributed by atoms with E-state index in [0.29, 0.717) is 5.92 Å². The van der Waals surface area contributed by atoms with Crippen LogP contribution in [0.15, 0.2) is 24.3 Å². The minimum absolute atomic E-state index is 0.475. The Morgan fingerprint density at radius 1 is 1.17 bits per heavy atom. The second-order valence-electron chi connectivity index (χ2n) is 5.30. The summed E-state index contributed by atoms with van der Waals surface area (Å²) in [5.41, 5.74) is 4.88. The van der Waals surface area contributed by atoms with Crippen LogP contribution >= 0.6 is 0 Å². The first-order valence-electron chi connectivity index (χ1n) is 6.37. The van der Waals surface area contributed by atoms with Crippen molar-refractivity contribution in [2.24, 2.45) is 7.05 Å². The third-order valence-electron chi connectivity index (χ3n) is 3.90. The van der Waals surface area contributed by atoms with Gasteiger partial charge in [0.15, 0.2) is 0 Å². The van der Waals surface area contributed by atoms with Crippen LogP contribution in [0, 0.1) is 6.92 Å². The van der Waals surface area contributed by atoms with Gasteiger partial charge in [-0.2, -0.15) is 0 Å². The zero-order chi connectivity index (χ0) is 13.0. The van der Waals surface area contributed by atoms with Crippen molar-refractivity contribution in [3.05, 3.63) is 35.5 Å². The van der Waals surface area contributed by atoms with Crippen LogP contribution in [-0.2, 0) is 7.05 Å². The lowest BCUT2D eigenvalue weighted by Crippen LogP contribution is -2.12. The number of para-hydroxylation sites is 1. The number of hydrogen-bond donors (Lipinski definition) is 1. The molecule has 2 N–H and O–H groups in total. The Hall–Kier alpha value is -1.90. The van der Waals surface area contributed by atoms with Crippen LogP contribution < -0.4 is 5.84 Å². The van der Waals surface area contributed by atoms with E-state index >= 15 is 0 Å². The predicted molar refractivity (Wildman–Crippen MR) is 77.4 cm³/mol. The largest absolute Gasteiger partial charge is 0.338 e. The molecule has 0 spiro atoms. The smallest absolute Gasteiger partial charge is 0.140 e. The fraction of sp³-hybridized carbons (Fsp3) is 0.333. The summed E-state index contributed by atoms with van der Waals surface area (Å²) in [6, 6.07) is 8.50. The number of aromatic nitrogens is 2. The van der Waals surface area contributed by atoms with E-state index in [1.54, 1.807) is 0 Å². The molecule has 94 valence electrons. The molecule has 3 aromatic rings. The number of fused-ring (bicyclic) bond motifs is 3. The molecule has 0 atom stereocenters. The fourth-order valence-electron chi connectivity index (χ4n) is 3.10. The summed E-state index contributed by atoms with van der Waals surface area (Å²) in [6.07, 6.45) is 0. The second kappa shape index (κ2) is 3.55. The summed E-state index contributed by atoms with van der Waals surface area (Å²) in [7, 11) is 2.08. The van der Waals surface area contributed by atoms with Crippen molar-refractivity contribution in [1.82, 2.24) is 9.24 Å². The van der Waals surface area contributed by atoms with E-state index in [4.69, 9.17) is 5.84 Å². The van der Waals surface area contributed by atoms with Crippen molar-refractivity contribution < 1.29 is 0 Å². The Bertz CT molecular complexity index is 744. The van der Waals surface area contributed by atoms with E-state index in [1.807, 2.05) is 4.68 Å². The van der Waals surface area contributed by atoms with Crippen LogP contribution in [0.2, 0.25) is 0 Å². The topological polar surface area (TPSA) is 35.9 Å². The zero-order valence-corrected chi connectivity index (χ0v) is 11.4. The molecule has 18 heavy (non-hydrogen) atoms. The van der Waals surface area contributed by atoms with Gasteiger partial charge in [0.05, 0.1) is 5.52 Å². The Kier molecular flexibility index (Phi) is 2.21. The summed E-state index contributed by atoms with van der Waals surface area (Å²) >= 11 is 0. The summed E-state index contributed by atoms with van der Waals surface area (Å²) in [6.45, 7) is 6.55. The molecule has 0 amide bonds. The van der Waals surface area contributed by atoms with Crippen LogP contribution in [0.5, 0.6) is 0 Å². The van der Waals surface area contributed by atoms with Crippen molar-refractivity contribution in [1.29, 1.82) is 0 Å². The van der Waals surface area contributed by atoms with Gasteiger partial charge in [-0.05, 0) is 24.5 Å². The quantitative estimate of drug-likeness (QED) is 0.652. The van der Waals surface area contributed by atoms with E-state index in [0.717, 1.165) is 11.3 Å². The number of hydrogen-bond acceptors (Lipinski definition) is 1. The molecule has 0 saturated carbocycles. The van der Waals surface area contributed by atoms with E-state index < -0.39 is 0 Å². The van der Waals surface area contributed by atoms with Gasteiger partial charge in [-0.15, -0.1) is 0 Å². The molecule has 0 fully saturated rings. The molecule has 3 rings (SSSR count). The van der Waals surface area contributed by atoms with Gasteiger partial charge in [0.1, 0.15) is 5.65 Å². The Labute approximate surface area is 107 Å². The monoisotopic (exact) mass is 241 g/mol. The minimum atomic E-state index is 0.475. The third-order valence-corrected chi connectivity index (χ3v) is 3.90. The van der Waals surface area contributed by atoms with E-state index in [-0.39, 0.29) is 0 Å². The van der Waals surface area contributed by atoms with E-state index in [1.165, 1.54) is 21.9 Å². The average Bonchev–Trinajstić information content (AvgIpc) is 2.77. The van der Waals surface area contributed by atoms with Crippen molar-refractivity contribution in [2.45, 2.75) is 26.7 Å². The molecule has 0 aliphatic carbocycles. The predicted octanol–water partition coefficient (Wildman–Crippen LogP) is 3.28. The molecule has 0 aliphatic rings. The normalized spacial score (nSPS) is 12.1. The Morgan fingerprint density at radius 2 is 1.83 bits per heavy atom. The van der Waals surface area contributed by atoms with Gasteiger partial charge in [0.25, 0.3) is 0 Å². The highest BCUT2D eigenvalue weighted by Crippen LogP contribution is 2.37. The maximum absolute atomic E-state index is 6.24. The molecule has 2 heterocycles. The first kappa shape index (κ1) is 11.2. The number of nitrogens with two attached hydrogens (primary N) is 1. The van der Waals surface area contributed by atoms with Gasteiger partial charge in [-0.1, -0.05) is 32.0 Å². The SMILES string of the molecule is Cc1c(C(C)C)c2c3ccccc3n(C)c2n1N. The zero-order valence-electron chi connectivity index (χ0n) is 11.4. The maximum atomic E-state index is 6.24. The molecule has 0 saturated heterocycles. The number of rotatable bonds is 1. The molecule has 2 aromatic heterocycles. The molecule has 0 radical (unpaired) electrons. The molecule has 0 unspecified atom stereocenters. The molecule has 3 nitrogen and oxygen atoms in total. The highest BCUT2D eigenvalue weighted by Gasteiger charge is 2.21. The summed E-state index contributed by atoms with van der Waals surface area (Å²) in [4.78, 5) is 0. The molecule has 0 aliphatic heterocycles. The van der Waals surface area contributed by atoms with E-state index in [9.17, 15) is 0 Å². The van der Waals surface area contributed by atoms with Gasteiger partial charge in [-0.25, -0.2) is 0 Å².